The van der Waals surface area contributed by atoms with Gasteiger partial charge in [0.2, 0.25) is 5.89 Å². The molecule has 5 nitrogen and oxygen atoms in total. The third-order valence-corrected chi connectivity index (χ3v) is 4.64. The first-order chi connectivity index (χ1) is 9.88. The average Bonchev–Trinajstić information content (AvgIpc) is 2.85. The Hall–Kier alpha value is -0.910. The molecule has 21 heavy (non-hydrogen) atoms. The van der Waals surface area contributed by atoms with Gasteiger partial charge < -0.3 is 14.5 Å². The predicted octanol–water partition coefficient (Wildman–Crippen LogP) is 2.28. The minimum absolute atomic E-state index is 0.0650. The molecule has 1 aromatic heterocycles. The third kappa shape index (κ3) is 3.15. The van der Waals surface area contributed by atoms with Gasteiger partial charge in [-0.3, -0.25) is 4.90 Å². The smallest absolute Gasteiger partial charge is 0.224 e. The topological polar surface area (TPSA) is 50.5 Å². The van der Waals surface area contributed by atoms with Crippen molar-refractivity contribution in [3.63, 3.8) is 0 Å². The van der Waals surface area contributed by atoms with Gasteiger partial charge in [-0.05, 0) is 53.6 Å². The van der Waals surface area contributed by atoms with Gasteiger partial charge in [0.15, 0.2) is 0 Å². The van der Waals surface area contributed by atoms with E-state index >= 15 is 0 Å². The number of hydrogen-bond acceptors (Lipinski definition) is 5. The number of ether oxygens (including phenoxy) is 1. The summed E-state index contributed by atoms with van der Waals surface area (Å²) < 4.78 is 12.2. The Bertz CT molecular complexity index is 486. The number of hydrogen-bond donors (Lipinski definition) is 1. The Morgan fingerprint density at radius 2 is 2.05 bits per heavy atom. The quantitative estimate of drug-likeness (QED) is 0.861. The molecular weight excluding hydrogens is 266 g/mol. The molecule has 2 aliphatic heterocycles. The van der Waals surface area contributed by atoms with E-state index in [0.29, 0.717) is 0 Å². The maximum absolute atomic E-state index is 6.50. The molecule has 1 atom stereocenters. The summed E-state index contributed by atoms with van der Waals surface area (Å²) in [7, 11) is 0. The summed E-state index contributed by atoms with van der Waals surface area (Å²) in [6.07, 6.45) is 3.82. The van der Waals surface area contributed by atoms with Gasteiger partial charge in [0.1, 0.15) is 11.9 Å². The highest BCUT2D eigenvalue weighted by Gasteiger charge is 2.45. The highest BCUT2D eigenvalue weighted by molar-refractivity contribution is 5.03. The third-order valence-electron chi connectivity index (χ3n) is 4.64. The monoisotopic (exact) mass is 293 g/mol. The fourth-order valence-electron chi connectivity index (χ4n) is 3.31. The van der Waals surface area contributed by atoms with E-state index in [1.165, 1.54) is 0 Å². The van der Waals surface area contributed by atoms with E-state index in [0.717, 1.165) is 50.7 Å². The van der Waals surface area contributed by atoms with Crippen LogP contribution in [0.25, 0.3) is 0 Å². The molecule has 1 aromatic rings. The molecule has 1 unspecified atom stereocenters. The second kappa shape index (κ2) is 5.38. The second-order valence-electron chi connectivity index (χ2n) is 7.40. The normalized spacial score (nSPS) is 27.1. The van der Waals surface area contributed by atoms with Gasteiger partial charge in [0.25, 0.3) is 0 Å². The van der Waals surface area contributed by atoms with Crippen molar-refractivity contribution >= 4 is 0 Å². The number of aromatic nitrogens is 1. The Kier molecular flexibility index (Phi) is 3.84. The van der Waals surface area contributed by atoms with Crippen LogP contribution in [0.5, 0.6) is 0 Å². The zero-order valence-corrected chi connectivity index (χ0v) is 13.6. The van der Waals surface area contributed by atoms with E-state index in [1.54, 1.807) is 6.20 Å². The maximum Gasteiger partial charge on any atom is 0.224 e. The molecule has 3 heterocycles. The molecule has 118 valence electrons. The molecule has 2 fully saturated rings. The molecule has 1 N–H and O–H groups in total. The van der Waals surface area contributed by atoms with Crippen LogP contribution in [0.2, 0.25) is 0 Å². The van der Waals surface area contributed by atoms with E-state index in [-0.39, 0.29) is 17.2 Å². The first kappa shape index (κ1) is 15.0. The molecule has 2 aliphatic rings. The van der Waals surface area contributed by atoms with Gasteiger partial charge in [-0.1, -0.05) is 0 Å². The van der Waals surface area contributed by atoms with Crippen molar-refractivity contribution < 1.29 is 9.15 Å². The molecule has 0 aromatic carbocycles. The van der Waals surface area contributed by atoms with Crippen LogP contribution >= 0.6 is 0 Å². The van der Waals surface area contributed by atoms with E-state index in [1.807, 2.05) is 6.92 Å². The lowest BCUT2D eigenvalue weighted by Gasteiger charge is -2.51. The van der Waals surface area contributed by atoms with E-state index in [2.05, 4.69) is 36.0 Å². The lowest BCUT2D eigenvalue weighted by atomic mass is 9.87. The molecule has 0 bridgehead atoms. The average molecular weight is 293 g/mol. The largest absolute Gasteiger partial charge is 0.443 e. The van der Waals surface area contributed by atoms with E-state index in [9.17, 15) is 0 Å². The fourth-order valence-corrected chi connectivity index (χ4v) is 3.31. The summed E-state index contributed by atoms with van der Waals surface area (Å²) in [6.45, 7) is 12.6. The van der Waals surface area contributed by atoms with Gasteiger partial charge in [-0.15, -0.1) is 0 Å². The first-order valence-electron chi connectivity index (χ1n) is 7.94. The zero-order valence-electron chi connectivity index (χ0n) is 13.6. The Morgan fingerprint density at radius 1 is 1.33 bits per heavy atom. The van der Waals surface area contributed by atoms with Gasteiger partial charge in [0.05, 0.1) is 11.8 Å². The number of nitrogens with zero attached hydrogens (tertiary/aromatic N) is 2. The van der Waals surface area contributed by atoms with Gasteiger partial charge >= 0.3 is 0 Å². The lowest BCUT2D eigenvalue weighted by molar-refractivity contribution is -0.190. The SMILES string of the molecule is Cc1cnc(C2CN(C(C)(C)C)CC3(CCNCC3)O2)o1. The molecular formula is C16H27N3O2. The number of aryl methyl sites for hydroxylation is 1. The van der Waals surface area contributed by atoms with Crippen LogP contribution in [0.3, 0.4) is 0 Å². The summed E-state index contributed by atoms with van der Waals surface area (Å²) >= 11 is 0. The summed E-state index contributed by atoms with van der Waals surface area (Å²) in [4.78, 5) is 6.92. The summed E-state index contributed by atoms with van der Waals surface area (Å²) in [6, 6.07) is 0. The van der Waals surface area contributed by atoms with Crippen LogP contribution in [0.4, 0.5) is 0 Å². The molecule has 0 aliphatic carbocycles. The number of rotatable bonds is 1. The van der Waals surface area contributed by atoms with Gasteiger partial charge in [-0.25, -0.2) is 4.98 Å². The van der Waals surface area contributed by atoms with Crippen LogP contribution in [-0.4, -0.2) is 47.2 Å². The molecule has 0 radical (unpaired) electrons. The summed E-state index contributed by atoms with van der Waals surface area (Å²) in [5.74, 6) is 1.57. The maximum atomic E-state index is 6.50. The minimum Gasteiger partial charge on any atom is -0.443 e. The van der Waals surface area contributed by atoms with Crippen LogP contribution < -0.4 is 5.32 Å². The number of oxazole rings is 1. The van der Waals surface area contributed by atoms with Crippen molar-refractivity contribution in [3.05, 3.63) is 17.8 Å². The second-order valence-corrected chi connectivity index (χ2v) is 7.40. The standard InChI is InChI=1S/C16H27N3O2/c1-12-9-18-14(20-12)13-10-19(15(2,3)4)11-16(21-13)5-7-17-8-6-16/h9,13,17H,5-8,10-11H2,1-4H3. The highest BCUT2D eigenvalue weighted by Crippen LogP contribution is 2.38. The number of piperidine rings is 1. The van der Waals surface area contributed by atoms with Crippen LogP contribution in [-0.2, 0) is 4.74 Å². The predicted molar refractivity (Wildman–Crippen MR) is 81.2 cm³/mol. The van der Waals surface area contributed by atoms with E-state index < -0.39 is 0 Å². The molecule has 0 amide bonds. The van der Waals surface area contributed by atoms with Crippen molar-refractivity contribution in [1.82, 2.24) is 15.2 Å². The Morgan fingerprint density at radius 3 is 2.62 bits per heavy atom. The van der Waals surface area contributed by atoms with Gasteiger partial charge in [0, 0.05) is 18.6 Å². The first-order valence-corrected chi connectivity index (χ1v) is 7.94. The van der Waals surface area contributed by atoms with Crippen molar-refractivity contribution in [2.75, 3.05) is 26.2 Å². The Labute approximate surface area is 127 Å². The summed E-state index contributed by atoms with van der Waals surface area (Å²) in [5, 5.41) is 3.43. The van der Waals surface area contributed by atoms with Crippen molar-refractivity contribution in [1.29, 1.82) is 0 Å². The molecule has 3 rings (SSSR count). The van der Waals surface area contributed by atoms with Crippen LogP contribution in [0.1, 0.15) is 51.4 Å². The van der Waals surface area contributed by atoms with Crippen LogP contribution in [0, 0.1) is 6.92 Å². The molecule has 0 saturated carbocycles. The minimum atomic E-state index is -0.0657. The van der Waals surface area contributed by atoms with Gasteiger partial charge in [-0.2, -0.15) is 0 Å². The highest BCUT2D eigenvalue weighted by atomic mass is 16.5. The van der Waals surface area contributed by atoms with E-state index in [4.69, 9.17) is 9.15 Å². The molecule has 1 spiro atoms. The van der Waals surface area contributed by atoms with Crippen LogP contribution in [0.15, 0.2) is 10.6 Å². The lowest BCUT2D eigenvalue weighted by Crippen LogP contribution is -2.60. The number of nitrogens with one attached hydrogen (secondary N) is 1. The van der Waals surface area contributed by atoms with Crippen molar-refractivity contribution in [2.45, 2.75) is 57.8 Å². The Balaban J connectivity index is 1.86. The fraction of sp³-hybridized carbons (Fsp3) is 0.812. The molecule has 2 saturated heterocycles. The van der Waals surface area contributed by atoms with Crippen molar-refractivity contribution in [2.24, 2.45) is 0 Å². The summed E-state index contributed by atoms with van der Waals surface area (Å²) in [5.41, 5.74) is 0.0609. The zero-order chi connectivity index (χ0) is 15.1. The van der Waals surface area contributed by atoms with Crippen molar-refractivity contribution in [3.8, 4) is 0 Å². The molecule has 5 heteroatoms. The number of morpholine rings is 1.